The minimum absolute atomic E-state index is 0.0874. The van der Waals surface area contributed by atoms with E-state index in [9.17, 15) is 4.79 Å². The summed E-state index contributed by atoms with van der Waals surface area (Å²) in [5.41, 5.74) is -0.0602. The molecule has 0 aromatic carbocycles. The van der Waals surface area contributed by atoms with Gasteiger partial charge in [-0.25, -0.2) is 0 Å². The Morgan fingerprint density at radius 1 is 1.41 bits per heavy atom. The molecule has 0 aromatic heterocycles. The minimum Gasteiger partial charge on any atom is -0.356 e. The van der Waals surface area contributed by atoms with Crippen LogP contribution in [-0.4, -0.2) is 17.2 Å². The van der Waals surface area contributed by atoms with Gasteiger partial charge in [0.1, 0.15) is 0 Å². The Morgan fingerprint density at radius 3 is 2.29 bits per heavy atom. The molecular formula is C14H27NOS. The van der Waals surface area contributed by atoms with E-state index >= 15 is 0 Å². The van der Waals surface area contributed by atoms with Crippen LogP contribution < -0.4 is 5.32 Å². The van der Waals surface area contributed by atoms with Crippen molar-refractivity contribution in [1.82, 2.24) is 5.32 Å². The molecule has 100 valence electrons. The van der Waals surface area contributed by atoms with Crippen molar-refractivity contribution in [2.45, 2.75) is 65.0 Å². The molecule has 1 amide bonds. The first kappa shape index (κ1) is 14.9. The van der Waals surface area contributed by atoms with E-state index in [1.807, 2.05) is 0 Å². The van der Waals surface area contributed by atoms with Crippen molar-refractivity contribution in [3.63, 3.8) is 0 Å². The number of carbonyl (C=O) groups is 1. The van der Waals surface area contributed by atoms with Gasteiger partial charge in [-0.3, -0.25) is 4.79 Å². The molecule has 1 fully saturated rings. The number of unbranched alkanes of at least 4 members (excludes halogenated alkanes) is 1. The largest absolute Gasteiger partial charge is 0.356 e. The van der Waals surface area contributed by atoms with Crippen molar-refractivity contribution >= 4 is 18.5 Å². The van der Waals surface area contributed by atoms with Gasteiger partial charge in [-0.1, -0.05) is 41.0 Å². The van der Waals surface area contributed by atoms with Crippen molar-refractivity contribution in [1.29, 1.82) is 0 Å². The number of hydrogen-bond donors (Lipinski definition) is 2. The van der Waals surface area contributed by atoms with Crippen LogP contribution in [0.1, 0.15) is 60.3 Å². The summed E-state index contributed by atoms with van der Waals surface area (Å²) >= 11 is 4.59. The lowest BCUT2D eigenvalue weighted by Crippen LogP contribution is -2.38. The predicted molar refractivity (Wildman–Crippen MR) is 76.4 cm³/mol. The van der Waals surface area contributed by atoms with E-state index in [0.29, 0.717) is 0 Å². The summed E-state index contributed by atoms with van der Waals surface area (Å²) in [7, 11) is 0. The molecule has 2 nitrogen and oxygen atoms in total. The maximum absolute atomic E-state index is 12.4. The lowest BCUT2D eigenvalue weighted by molar-refractivity contribution is -0.128. The van der Waals surface area contributed by atoms with Gasteiger partial charge in [-0.15, -0.1) is 0 Å². The molecule has 1 saturated carbocycles. The highest BCUT2D eigenvalue weighted by atomic mass is 32.1. The molecule has 1 rings (SSSR count). The monoisotopic (exact) mass is 257 g/mol. The fourth-order valence-electron chi connectivity index (χ4n) is 2.77. The van der Waals surface area contributed by atoms with Gasteiger partial charge in [-0.05, 0) is 24.7 Å². The van der Waals surface area contributed by atoms with E-state index < -0.39 is 0 Å². The predicted octanol–water partition coefficient (Wildman–Crippen LogP) is 3.42. The van der Waals surface area contributed by atoms with E-state index in [0.717, 1.165) is 32.2 Å². The molecule has 0 aliphatic heterocycles. The molecule has 1 atom stereocenters. The third-order valence-electron chi connectivity index (χ3n) is 3.90. The highest BCUT2D eigenvalue weighted by Crippen LogP contribution is 2.67. The van der Waals surface area contributed by atoms with Crippen LogP contribution in [0.2, 0.25) is 0 Å². The average Bonchev–Trinajstić information content (AvgIpc) is 2.66. The zero-order chi connectivity index (χ0) is 13.3. The van der Waals surface area contributed by atoms with Gasteiger partial charge in [0.15, 0.2) is 0 Å². The number of hydrogen-bond acceptors (Lipinski definition) is 2. The van der Waals surface area contributed by atoms with Crippen molar-refractivity contribution in [3.8, 4) is 0 Å². The summed E-state index contributed by atoms with van der Waals surface area (Å²) in [6.45, 7) is 11.5. The molecule has 0 radical (unpaired) electrons. The van der Waals surface area contributed by atoms with Crippen LogP contribution >= 0.6 is 12.6 Å². The van der Waals surface area contributed by atoms with Crippen molar-refractivity contribution < 1.29 is 4.79 Å². The molecule has 0 bridgehead atoms. The Bertz CT molecular complexity index is 293. The second kappa shape index (κ2) is 4.83. The number of carbonyl (C=O) groups excluding carboxylic acids is 1. The molecule has 1 unspecified atom stereocenters. The molecule has 0 spiro atoms. The second-order valence-electron chi connectivity index (χ2n) is 6.74. The van der Waals surface area contributed by atoms with Crippen molar-refractivity contribution in [2.75, 3.05) is 6.54 Å². The van der Waals surface area contributed by atoms with Gasteiger partial charge in [-0.2, -0.15) is 12.6 Å². The first-order chi connectivity index (χ1) is 7.65. The zero-order valence-electron chi connectivity index (χ0n) is 11.9. The van der Waals surface area contributed by atoms with E-state index in [1.54, 1.807) is 0 Å². The highest BCUT2D eigenvalue weighted by molar-refractivity contribution is 7.81. The Morgan fingerprint density at radius 2 is 1.94 bits per heavy atom. The van der Waals surface area contributed by atoms with Crippen LogP contribution in [0.3, 0.4) is 0 Å². The molecule has 1 N–H and O–H groups in total. The standard InChI is InChI=1S/C14H27NOS/c1-6-7-8-15-11(16)14(9-12(14,2)3)10-13(4,5)17/h17H,6-10H2,1-5H3,(H,15,16). The van der Waals surface area contributed by atoms with Gasteiger partial charge in [0.05, 0.1) is 5.41 Å². The third-order valence-corrected chi connectivity index (χ3v) is 4.06. The van der Waals surface area contributed by atoms with Crippen LogP contribution in [-0.2, 0) is 4.79 Å². The maximum atomic E-state index is 12.4. The summed E-state index contributed by atoms with van der Waals surface area (Å²) < 4.78 is -0.0874. The summed E-state index contributed by atoms with van der Waals surface area (Å²) in [5.74, 6) is 0.234. The van der Waals surface area contributed by atoms with Gasteiger partial charge in [0, 0.05) is 11.3 Å². The van der Waals surface area contributed by atoms with Gasteiger partial charge in [0.25, 0.3) is 0 Å². The first-order valence-electron chi connectivity index (χ1n) is 6.65. The molecule has 0 aromatic rings. The average molecular weight is 257 g/mol. The third kappa shape index (κ3) is 3.40. The lowest BCUT2D eigenvalue weighted by Gasteiger charge is -2.27. The Balaban J connectivity index is 2.65. The van der Waals surface area contributed by atoms with Crippen LogP contribution in [0.5, 0.6) is 0 Å². The quantitative estimate of drug-likeness (QED) is 0.554. The summed E-state index contributed by atoms with van der Waals surface area (Å²) in [5, 5.41) is 3.09. The Kier molecular flexibility index (Phi) is 4.23. The fourth-order valence-corrected chi connectivity index (χ4v) is 3.04. The molecule has 1 aliphatic carbocycles. The van der Waals surface area contributed by atoms with E-state index in [2.05, 4.69) is 52.6 Å². The highest BCUT2D eigenvalue weighted by Gasteiger charge is 2.66. The normalized spacial score (nSPS) is 26.7. The number of nitrogens with one attached hydrogen (secondary N) is 1. The van der Waals surface area contributed by atoms with E-state index in [1.165, 1.54) is 0 Å². The van der Waals surface area contributed by atoms with Crippen LogP contribution in [0.25, 0.3) is 0 Å². The maximum Gasteiger partial charge on any atom is 0.226 e. The SMILES string of the molecule is CCCCNC(=O)C1(CC(C)(C)S)CC1(C)C. The molecular weight excluding hydrogens is 230 g/mol. The number of rotatable bonds is 6. The first-order valence-corrected chi connectivity index (χ1v) is 7.10. The van der Waals surface area contributed by atoms with E-state index in [4.69, 9.17) is 0 Å². The molecule has 0 heterocycles. The summed E-state index contributed by atoms with van der Waals surface area (Å²) in [6, 6.07) is 0. The van der Waals surface area contributed by atoms with Gasteiger partial charge in [0.2, 0.25) is 5.91 Å². The van der Waals surface area contributed by atoms with Crippen LogP contribution in [0.4, 0.5) is 0 Å². The molecule has 17 heavy (non-hydrogen) atoms. The number of amides is 1. The van der Waals surface area contributed by atoms with Crippen molar-refractivity contribution in [3.05, 3.63) is 0 Å². The summed E-state index contributed by atoms with van der Waals surface area (Å²) in [4.78, 5) is 12.4. The second-order valence-corrected chi connectivity index (χ2v) is 7.95. The number of thiol groups is 1. The van der Waals surface area contributed by atoms with Gasteiger partial charge >= 0.3 is 0 Å². The smallest absolute Gasteiger partial charge is 0.226 e. The van der Waals surface area contributed by atoms with Crippen LogP contribution in [0.15, 0.2) is 0 Å². The zero-order valence-corrected chi connectivity index (χ0v) is 12.8. The van der Waals surface area contributed by atoms with Gasteiger partial charge < -0.3 is 5.32 Å². The topological polar surface area (TPSA) is 29.1 Å². The molecule has 1 aliphatic rings. The lowest BCUT2D eigenvalue weighted by atomic mass is 9.85. The van der Waals surface area contributed by atoms with Crippen LogP contribution in [0, 0.1) is 10.8 Å². The van der Waals surface area contributed by atoms with E-state index in [-0.39, 0.29) is 21.5 Å². The van der Waals surface area contributed by atoms with Crippen molar-refractivity contribution in [2.24, 2.45) is 10.8 Å². The minimum atomic E-state index is -0.189. The Hall–Kier alpha value is -0.180. The Labute approximate surface area is 111 Å². The summed E-state index contributed by atoms with van der Waals surface area (Å²) in [6.07, 6.45) is 4.03. The molecule has 3 heteroatoms. The fraction of sp³-hybridized carbons (Fsp3) is 0.929. The molecule has 0 saturated heterocycles.